The summed E-state index contributed by atoms with van der Waals surface area (Å²) in [6.07, 6.45) is -4.49. The number of halogens is 3. The number of aromatic nitrogens is 1. The van der Waals surface area contributed by atoms with Crippen molar-refractivity contribution in [2.24, 2.45) is 5.92 Å². The maximum atomic E-state index is 12.5. The smallest absolute Gasteiger partial charge is 0.341 e. The van der Waals surface area contributed by atoms with Crippen molar-refractivity contribution in [3.8, 4) is 0 Å². The third kappa shape index (κ3) is 3.94. The second kappa shape index (κ2) is 5.59. The monoisotopic (exact) mass is 274 g/mol. The van der Waals surface area contributed by atoms with Crippen LogP contribution in [0.4, 0.5) is 13.2 Å². The Hall–Kier alpha value is -1.59. The SMILES string of the molecule is Cc1nc(C(F)(F)F)ccc1C(=O)N(C)CC(C)C. The van der Waals surface area contributed by atoms with Crippen molar-refractivity contribution in [2.45, 2.75) is 26.9 Å². The summed E-state index contributed by atoms with van der Waals surface area (Å²) in [6, 6.07) is 2.02. The number of pyridine rings is 1. The van der Waals surface area contributed by atoms with E-state index in [4.69, 9.17) is 0 Å². The number of hydrogen-bond acceptors (Lipinski definition) is 2. The largest absolute Gasteiger partial charge is 0.433 e. The molecule has 6 heteroatoms. The van der Waals surface area contributed by atoms with Crippen LogP contribution in [0.5, 0.6) is 0 Å². The summed E-state index contributed by atoms with van der Waals surface area (Å²) in [4.78, 5) is 17.0. The van der Waals surface area contributed by atoms with E-state index in [0.29, 0.717) is 6.54 Å². The van der Waals surface area contributed by atoms with E-state index in [1.165, 1.54) is 17.9 Å². The van der Waals surface area contributed by atoms with Crippen LogP contribution in [-0.4, -0.2) is 29.4 Å². The second-order valence-electron chi connectivity index (χ2n) is 4.91. The number of carbonyl (C=O) groups excluding carboxylic acids is 1. The summed E-state index contributed by atoms with van der Waals surface area (Å²) in [5, 5.41) is 0. The number of alkyl halides is 3. The highest BCUT2D eigenvalue weighted by molar-refractivity contribution is 5.95. The number of amides is 1. The molecule has 0 saturated heterocycles. The average Bonchev–Trinajstić information content (AvgIpc) is 2.25. The van der Waals surface area contributed by atoms with Gasteiger partial charge in [-0.1, -0.05) is 13.8 Å². The van der Waals surface area contributed by atoms with Gasteiger partial charge in [-0.2, -0.15) is 13.2 Å². The highest BCUT2D eigenvalue weighted by Gasteiger charge is 2.33. The molecule has 1 rings (SSSR count). The van der Waals surface area contributed by atoms with Crippen molar-refractivity contribution in [3.63, 3.8) is 0 Å². The Kier molecular flexibility index (Phi) is 4.55. The molecule has 3 nitrogen and oxygen atoms in total. The van der Waals surface area contributed by atoms with Gasteiger partial charge in [0.1, 0.15) is 5.69 Å². The third-order valence-electron chi connectivity index (χ3n) is 2.59. The molecule has 0 atom stereocenters. The maximum absolute atomic E-state index is 12.5. The molecule has 1 amide bonds. The molecule has 0 aliphatic rings. The summed E-state index contributed by atoms with van der Waals surface area (Å²) in [5.41, 5.74) is -0.681. The van der Waals surface area contributed by atoms with Crippen LogP contribution in [0.15, 0.2) is 12.1 Å². The predicted molar refractivity (Wildman–Crippen MR) is 65.8 cm³/mol. The molecule has 0 radical (unpaired) electrons. The van der Waals surface area contributed by atoms with E-state index in [-0.39, 0.29) is 23.1 Å². The van der Waals surface area contributed by atoms with Crippen molar-refractivity contribution in [3.05, 3.63) is 29.1 Å². The molecular formula is C13H17F3N2O. The van der Waals surface area contributed by atoms with Crippen LogP contribution < -0.4 is 0 Å². The minimum Gasteiger partial charge on any atom is -0.341 e. The Morgan fingerprint density at radius 2 is 1.95 bits per heavy atom. The molecule has 0 saturated carbocycles. The van der Waals surface area contributed by atoms with Crippen molar-refractivity contribution < 1.29 is 18.0 Å². The first kappa shape index (κ1) is 15.5. The highest BCUT2D eigenvalue weighted by atomic mass is 19.4. The lowest BCUT2D eigenvalue weighted by Gasteiger charge is -2.20. The van der Waals surface area contributed by atoms with E-state index in [0.717, 1.165) is 6.07 Å². The Bertz CT molecular complexity index is 469. The molecule has 1 heterocycles. The van der Waals surface area contributed by atoms with Gasteiger partial charge in [-0.25, -0.2) is 4.98 Å². The highest BCUT2D eigenvalue weighted by Crippen LogP contribution is 2.28. The molecule has 106 valence electrons. The number of hydrogen-bond donors (Lipinski definition) is 0. The van der Waals surface area contributed by atoms with Gasteiger partial charge in [0.2, 0.25) is 0 Å². The molecule has 0 N–H and O–H groups in total. The lowest BCUT2D eigenvalue weighted by atomic mass is 10.1. The molecule has 1 aromatic heterocycles. The molecule has 0 bridgehead atoms. The zero-order valence-corrected chi connectivity index (χ0v) is 11.4. The summed E-state index contributed by atoms with van der Waals surface area (Å²) in [7, 11) is 1.62. The molecular weight excluding hydrogens is 257 g/mol. The quantitative estimate of drug-likeness (QED) is 0.848. The standard InChI is InChI=1S/C13H17F3N2O/c1-8(2)7-18(4)12(19)10-5-6-11(13(14,15)16)17-9(10)3/h5-6,8H,7H2,1-4H3. The number of rotatable bonds is 3. The first-order valence-electron chi connectivity index (χ1n) is 5.93. The van der Waals surface area contributed by atoms with Gasteiger partial charge in [-0.15, -0.1) is 0 Å². The number of nitrogens with zero attached hydrogens (tertiary/aromatic N) is 2. The van der Waals surface area contributed by atoms with Crippen LogP contribution in [0.25, 0.3) is 0 Å². The fourth-order valence-corrected chi connectivity index (χ4v) is 1.78. The average molecular weight is 274 g/mol. The van der Waals surface area contributed by atoms with E-state index < -0.39 is 11.9 Å². The van der Waals surface area contributed by atoms with Gasteiger partial charge < -0.3 is 4.90 Å². The zero-order valence-electron chi connectivity index (χ0n) is 11.4. The summed E-state index contributed by atoms with van der Waals surface area (Å²) in [6.45, 7) is 5.87. The van der Waals surface area contributed by atoms with Gasteiger partial charge in [-0.3, -0.25) is 4.79 Å². The summed E-state index contributed by atoms with van der Waals surface area (Å²) >= 11 is 0. The zero-order chi connectivity index (χ0) is 14.8. The lowest BCUT2D eigenvalue weighted by molar-refractivity contribution is -0.141. The van der Waals surface area contributed by atoms with E-state index in [9.17, 15) is 18.0 Å². The Labute approximate surface area is 110 Å². The molecule has 0 aliphatic heterocycles. The Balaban J connectivity index is 3.00. The maximum Gasteiger partial charge on any atom is 0.433 e. The van der Waals surface area contributed by atoms with E-state index in [2.05, 4.69) is 4.98 Å². The molecule has 0 aromatic carbocycles. The van der Waals surface area contributed by atoms with Crippen molar-refractivity contribution in [1.29, 1.82) is 0 Å². The summed E-state index contributed by atoms with van der Waals surface area (Å²) in [5.74, 6) is -0.0240. The van der Waals surface area contributed by atoms with Crippen LogP contribution in [0, 0.1) is 12.8 Å². The molecule has 0 fully saturated rings. The van der Waals surface area contributed by atoms with E-state index in [1.54, 1.807) is 7.05 Å². The van der Waals surface area contributed by atoms with Crippen LogP contribution in [0.2, 0.25) is 0 Å². The molecule has 19 heavy (non-hydrogen) atoms. The topological polar surface area (TPSA) is 33.2 Å². The van der Waals surface area contributed by atoms with Crippen LogP contribution in [-0.2, 0) is 6.18 Å². The van der Waals surface area contributed by atoms with Crippen LogP contribution in [0.3, 0.4) is 0 Å². The van der Waals surface area contributed by atoms with Crippen LogP contribution in [0.1, 0.15) is 35.6 Å². The first-order chi connectivity index (χ1) is 8.62. The second-order valence-corrected chi connectivity index (χ2v) is 4.91. The normalized spacial score (nSPS) is 11.8. The minimum atomic E-state index is -4.49. The molecule has 0 aliphatic carbocycles. The van der Waals surface area contributed by atoms with Gasteiger partial charge in [0, 0.05) is 13.6 Å². The van der Waals surface area contributed by atoms with Gasteiger partial charge in [0.25, 0.3) is 5.91 Å². The first-order valence-corrected chi connectivity index (χ1v) is 5.93. The molecule has 0 unspecified atom stereocenters. The molecule has 0 spiro atoms. The van der Waals surface area contributed by atoms with Crippen molar-refractivity contribution in [1.82, 2.24) is 9.88 Å². The van der Waals surface area contributed by atoms with E-state index >= 15 is 0 Å². The minimum absolute atomic E-state index is 0.0930. The molecule has 1 aromatic rings. The predicted octanol–water partition coefficient (Wildman–Crippen LogP) is 3.14. The number of carbonyl (C=O) groups is 1. The van der Waals surface area contributed by atoms with Crippen molar-refractivity contribution in [2.75, 3.05) is 13.6 Å². The fraction of sp³-hybridized carbons (Fsp3) is 0.538. The fourth-order valence-electron chi connectivity index (χ4n) is 1.78. The lowest BCUT2D eigenvalue weighted by Crippen LogP contribution is -2.31. The van der Waals surface area contributed by atoms with Gasteiger partial charge in [-0.05, 0) is 25.0 Å². The van der Waals surface area contributed by atoms with E-state index in [1.807, 2.05) is 13.8 Å². The number of aryl methyl sites for hydroxylation is 1. The van der Waals surface area contributed by atoms with Crippen LogP contribution >= 0.6 is 0 Å². The van der Waals surface area contributed by atoms with Gasteiger partial charge in [0.15, 0.2) is 0 Å². The van der Waals surface area contributed by atoms with Gasteiger partial charge in [0.05, 0.1) is 11.3 Å². The van der Waals surface area contributed by atoms with Crippen molar-refractivity contribution >= 4 is 5.91 Å². The van der Waals surface area contributed by atoms with Gasteiger partial charge >= 0.3 is 6.18 Å². The Morgan fingerprint density at radius 3 is 2.37 bits per heavy atom. The third-order valence-corrected chi connectivity index (χ3v) is 2.59. The Morgan fingerprint density at radius 1 is 1.37 bits per heavy atom. The summed E-state index contributed by atoms with van der Waals surface area (Å²) < 4.78 is 37.4.